The monoisotopic (exact) mass is 406 g/mol. The van der Waals surface area contributed by atoms with E-state index >= 15 is 0 Å². The first-order valence-electron chi connectivity index (χ1n) is 9.08. The summed E-state index contributed by atoms with van der Waals surface area (Å²) in [5.74, 6) is 1.64. The van der Waals surface area contributed by atoms with Gasteiger partial charge in [-0.3, -0.25) is 0 Å². The quantitative estimate of drug-likeness (QED) is 0.643. The van der Waals surface area contributed by atoms with Crippen molar-refractivity contribution in [1.29, 1.82) is 0 Å². The summed E-state index contributed by atoms with van der Waals surface area (Å²) in [5, 5.41) is 12.9. The number of hydrogen-bond acceptors (Lipinski definition) is 7. The van der Waals surface area contributed by atoms with Crippen LogP contribution in [0.1, 0.15) is 24.5 Å². The zero-order chi connectivity index (χ0) is 19.0. The molecule has 4 heterocycles. The van der Waals surface area contributed by atoms with Gasteiger partial charge in [-0.2, -0.15) is 8.82 Å². The van der Waals surface area contributed by atoms with E-state index in [1.165, 1.54) is 11.3 Å². The smallest absolute Gasteiger partial charge is 0.252 e. The van der Waals surface area contributed by atoms with Crippen molar-refractivity contribution in [2.45, 2.75) is 30.9 Å². The molecule has 0 atom stereocenters. The first kappa shape index (κ1) is 18.3. The lowest BCUT2D eigenvalue weighted by Gasteiger charge is -2.34. The number of aryl methyl sites for hydroxylation is 2. The van der Waals surface area contributed by atoms with Crippen LogP contribution in [-0.2, 0) is 22.9 Å². The highest BCUT2D eigenvalue weighted by Crippen LogP contribution is 2.26. The van der Waals surface area contributed by atoms with E-state index in [-0.39, 0.29) is 0 Å². The molecule has 0 amide bonds. The second kappa shape index (κ2) is 7.17. The van der Waals surface area contributed by atoms with E-state index in [0.29, 0.717) is 30.4 Å². The maximum atomic E-state index is 12.9. The van der Waals surface area contributed by atoms with Crippen LogP contribution in [0.3, 0.4) is 0 Å². The predicted molar refractivity (Wildman–Crippen MR) is 105 cm³/mol. The minimum Gasteiger partial charge on any atom is -0.353 e. The van der Waals surface area contributed by atoms with Crippen LogP contribution in [0.15, 0.2) is 28.5 Å². The van der Waals surface area contributed by atoms with Gasteiger partial charge in [0.25, 0.3) is 10.0 Å². The Hall–Kier alpha value is -2.04. The molecule has 0 saturated carbocycles. The molecule has 10 heteroatoms. The van der Waals surface area contributed by atoms with E-state index in [0.717, 1.165) is 35.0 Å². The van der Waals surface area contributed by atoms with Crippen LogP contribution < -0.4 is 4.90 Å². The topological polar surface area (TPSA) is 83.7 Å². The number of aromatic nitrogens is 4. The van der Waals surface area contributed by atoms with Crippen molar-refractivity contribution in [2.75, 3.05) is 31.1 Å². The van der Waals surface area contributed by atoms with Crippen molar-refractivity contribution in [2.24, 2.45) is 0 Å². The predicted octanol–water partition coefficient (Wildman–Crippen LogP) is 1.82. The maximum absolute atomic E-state index is 12.9. The van der Waals surface area contributed by atoms with Gasteiger partial charge in [0.15, 0.2) is 11.5 Å². The Bertz CT molecular complexity index is 1050. The highest BCUT2D eigenvalue weighted by molar-refractivity contribution is 7.91. The molecule has 0 aromatic carbocycles. The van der Waals surface area contributed by atoms with Gasteiger partial charge < -0.3 is 4.90 Å². The van der Waals surface area contributed by atoms with Gasteiger partial charge in [0.05, 0.1) is 0 Å². The Kier molecular flexibility index (Phi) is 4.87. The molecule has 3 aromatic rings. The van der Waals surface area contributed by atoms with Gasteiger partial charge in [0, 0.05) is 37.5 Å². The molecule has 1 fully saturated rings. The Morgan fingerprint density at radius 3 is 2.44 bits per heavy atom. The summed E-state index contributed by atoms with van der Waals surface area (Å²) in [7, 11) is -3.41. The van der Waals surface area contributed by atoms with Crippen molar-refractivity contribution >= 4 is 32.8 Å². The fourth-order valence-corrected chi connectivity index (χ4v) is 6.06. The van der Waals surface area contributed by atoms with E-state index in [4.69, 9.17) is 0 Å². The van der Waals surface area contributed by atoms with E-state index in [9.17, 15) is 8.42 Å². The molecule has 0 radical (unpaired) electrons. The Morgan fingerprint density at radius 2 is 1.78 bits per heavy atom. The number of anilines is 1. The van der Waals surface area contributed by atoms with Crippen molar-refractivity contribution in [3.63, 3.8) is 0 Å². The molecular formula is C17H22N6O2S2. The normalized spacial score (nSPS) is 16.3. The summed E-state index contributed by atoms with van der Waals surface area (Å²) in [5.41, 5.74) is 0.723. The number of thiophene rings is 1. The average molecular weight is 407 g/mol. The summed E-state index contributed by atoms with van der Waals surface area (Å²) in [6.45, 7) is 6.16. The van der Waals surface area contributed by atoms with E-state index in [1.54, 1.807) is 14.9 Å². The zero-order valence-corrected chi connectivity index (χ0v) is 17.0. The molecule has 0 aliphatic carbocycles. The zero-order valence-electron chi connectivity index (χ0n) is 15.4. The fourth-order valence-electron chi connectivity index (χ4n) is 3.18. The van der Waals surface area contributed by atoms with E-state index < -0.39 is 10.0 Å². The molecule has 1 aliphatic heterocycles. The first-order valence-corrected chi connectivity index (χ1v) is 11.3. The SMILES string of the molecule is CCc1ccc(S(=O)(=O)N2CCN(c3ccc4nnc(CC)n4n3)CC2)s1. The van der Waals surface area contributed by atoms with Crippen LogP contribution >= 0.6 is 11.3 Å². The molecule has 0 N–H and O–H groups in total. The molecule has 144 valence electrons. The molecule has 27 heavy (non-hydrogen) atoms. The summed E-state index contributed by atoms with van der Waals surface area (Å²) in [6.07, 6.45) is 1.61. The van der Waals surface area contributed by atoms with Crippen LogP contribution in [-0.4, -0.2) is 58.7 Å². The van der Waals surface area contributed by atoms with Gasteiger partial charge in [-0.1, -0.05) is 13.8 Å². The number of piperazine rings is 1. The second-order valence-electron chi connectivity index (χ2n) is 6.40. The molecule has 8 nitrogen and oxygen atoms in total. The lowest BCUT2D eigenvalue weighted by molar-refractivity contribution is 0.384. The van der Waals surface area contributed by atoms with Crippen LogP contribution in [0.4, 0.5) is 5.82 Å². The summed E-state index contributed by atoms with van der Waals surface area (Å²) >= 11 is 1.36. The van der Waals surface area contributed by atoms with Gasteiger partial charge in [-0.15, -0.1) is 26.6 Å². The molecule has 0 bridgehead atoms. The second-order valence-corrected chi connectivity index (χ2v) is 9.73. The number of rotatable bonds is 5. The Balaban J connectivity index is 1.50. The first-order chi connectivity index (χ1) is 13.0. The van der Waals surface area contributed by atoms with Crippen LogP contribution in [0.2, 0.25) is 0 Å². The van der Waals surface area contributed by atoms with Crippen molar-refractivity contribution in [3.8, 4) is 0 Å². The van der Waals surface area contributed by atoms with Gasteiger partial charge >= 0.3 is 0 Å². The molecule has 0 unspecified atom stereocenters. The summed E-state index contributed by atoms with van der Waals surface area (Å²) < 4.78 is 29.5. The lowest BCUT2D eigenvalue weighted by Crippen LogP contribution is -2.48. The molecule has 4 rings (SSSR count). The number of hydrogen-bond donors (Lipinski definition) is 0. The minimum atomic E-state index is -3.41. The molecule has 0 spiro atoms. The van der Waals surface area contributed by atoms with Crippen LogP contribution in [0.5, 0.6) is 0 Å². The van der Waals surface area contributed by atoms with Gasteiger partial charge in [0.1, 0.15) is 10.0 Å². The standard InChI is InChI=1S/C17H22N6O2S2/c1-3-13-5-8-17(26-13)27(24,25)22-11-9-21(10-12-22)16-7-6-15-19-18-14(4-2)23(15)20-16/h5-8H,3-4,9-12H2,1-2H3. The van der Waals surface area contributed by atoms with E-state index in [2.05, 4.69) is 20.2 Å². The largest absolute Gasteiger partial charge is 0.353 e. The maximum Gasteiger partial charge on any atom is 0.252 e. The van der Waals surface area contributed by atoms with Crippen molar-refractivity contribution in [3.05, 3.63) is 35.0 Å². The Morgan fingerprint density at radius 1 is 1.00 bits per heavy atom. The number of nitrogens with zero attached hydrogens (tertiary/aromatic N) is 6. The number of fused-ring (bicyclic) bond motifs is 1. The summed E-state index contributed by atoms with van der Waals surface area (Å²) in [6, 6.07) is 7.44. The van der Waals surface area contributed by atoms with Gasteiger partial charge in [0.2, 0.25) is 0 Å². The van der Waals surface area contributed by atoms with Gasteiger partial charge in [-0.25, -0.2) is 8.42 Å². The number of sulfonamides is 1. The fraction of sp³-hybridized carbons (Fsp3) is 0.471. The molecule has 1 aliphatic rings. The third-order valence-electron chi connectivity index (χ3n) is 4.77. The van der Waals surface area contributed by atoms with E-state index in [1.807, 2.05) is 32.0 Å². The molecular weight excluding hydrogens is 384 g/mol. The van der Waals surface area contributed by atoms with Crippen LogP contribution in [0, 0.1) is 0 Å². The third kappa shape index (κ3) is 3.32. The van der Waals surface area contributed by atoms with Gasteiger partial charge in [-0.05, 0) is 30.7 Å². The Labute approximate surface area is 162 Å². The lowest BCUT2D eigenvalue weighted by atomic mass is 10.3. The third-order valence-corrected chi connectivity index (χ3v) is 8.37. The van der Waals surface area contributed by atoms with Crippen molar-refractivity contribution in [1.82, 2.24) is 24.1 Å². The highest BCUT2D eigenvalue weighted by Gasteiger charge is 2.30. The minimum absolute atomic E-state index is 0.435. The highest BCUT2D eigenvalue weighted by atomic mass is 32.2. The molecule has 3 aromatic heterocycles. The average Bonchev–Trinajstić information content (AvgIpc) is 3.34. The summed E-state index contributed by atoms with van der Waals surface area (Å²) in [4.78, 5) is 3.20. The van der Waals surface area contributed by atoms with Crippen LogP contribution in [0.25, 0.3) is 5.65 Å². The van der Waals surface area contributed by atoms with Crippen molar-refractivity contribution < 1.29 is 8.42 Å². The molecule has 1 saturated heterocycles.